The smallest absolute Gasteiger partial charge is 0.293 e. The molecule has 1 aliphatic rings. The summed E-state index contributed by atoms with van der Waals surface area (Å²) in [5, 5.41) is 14.1. The molecule has 0 bridgehead atoms. The highest BCUT2D eigenvalue weighted by Crippen LogP contribution is 2.25. The maximum Gasteiger partial charge on any atom is 0.293 e. The number of anilines is 1. The Hall–Kier alpha value is -2.15. The number of nitrogens with one attached hydrogen (secondary N) is 1. The lowest BCUT2D eigenvalue weighted by Gasteiger charge is -2.15. The van der Waals surface area contributed by atoms with E-state index in [4.69, 9.17) is 5.73 Å². The fourth-order valence-electron chi connectivity index (χ4n) is 2.34. The third kappa shape index (κ3) is 3.45. The van der Waals surface area contributed by atoms with Gasteiger partial charge in [0.2, 0.25) is 5.91 Å². The van der Waals surface area contributed by atoms with Crippen molar-refractivity contribution in [2.45, 2.75) is 12.8 Å². The first-order valence-electron chi connectivity index (χ1n) is 6.62. The number of likely N-dealkylation sites (tertiary alicyclic amines) is 1. The molecule has 0 atom stereocenters. The standard InChI is InChI=1S/C13H18N4O3/c14-13(18)10-3-4-11(12(9-10)17(19)20)15-5-8-16-6-1-2-7-16/h3-4,9,15H,1-2,5-8H2,(H2,14,18). The summed E-state index contributed by atoms with van der Waals surface area (Å²) in [6, 6.07) is 4.23. The number of nitrogens with two attached hydrogens (primary N) is 1. The number of hydrogen-bond donors (Lipinski definition) is 2. The van der Waals surface area contributed by atoms with Crippen LogP contribution in [-0.2, 0) is 0 Å². The highest BCUT2D eigenvalue weighted by atomic mass is 16.6. The number of primary amides is 1. The minimum atomic E-state index is -0.670. The van der Waals surface area contributed by atoms with Gasteiger partial charge in [0.05, 0.1) is 4.92 Å². The maximum atomic E-state index is 11.0. The third-order valence-corrected chi connectivity index (χ3v) is 3.42. The molecule has 1 amide bonds. The van der Waals surface area contributed by atoms with E-state index in [0.717, 1.165) is 19.6 Å². The summed E-state index contributed by atoms with van der Waals surface area (Å²) in [5.74, 6) is -0.670. The molecule has 1 aromatic carbocycles. The number of hydrogen-bond acceptors (Lipinski definition) is 5. The van der Waals surface area contributed by atoms with Gasteiger partial charge in [0, 0.05) is 24.7 Å². The average Bonchev–Trinajstić information content (AvgIpc) is 2.91. The zero-order valence-corrected chi connectivity index (χ0v) is 11.2. The van der Waals surface area contributed by atoms with E-state index >= 15 is 0 Å². The van der Waals surface area contributed by atoms with Gasteiger partial charge in [0.15, 0.2) is 0 Å². The van der Waals surface area contributed by atoms with Crippen molar-refractivity contribution in [3.63, 3.8) is 0 Å². The Labute approximate surface area is 116 Å². The Kier molecular flexibility index (Phi) is 4.52. The zero-order valence-electron chi connectivity index (χ0n) is 11.2. The molecule has 108 valence electrons. The minimum absolute atomic E-state index is 0.122. The quantitative estimate of drug-likeness (QED) is 0.601. The first-order valence-corrected chi connectivity index (χ1v) is 6.62. The molecular formula is C13H18N4O3. The summed E-state index contributed by atoms with van der Waals surface area (Å²) in [4.78, 5) is 23.9. The van der Waals surface area contributed by atoms with Crippen molar-refractivity contribution in [2.24, 2.45) is 5.73 Å². The van der Waals surface area contributed by atoms with Crippen LogP contribution in [0.2, 0.25) is 0 Å². The summed E-state index contributed by atoms with van der Waals surface area (Å²) < 4.78 is 0. The van der Waals surface area contributed by atoms with Gasteiger partial charge in [-0.15, -0.1) is 0 Å². The molecule has 0 radical (unpaired) electrons. The molecule has 1 heterocycles. The van der Waals surface area contributed by atoms with Crippen molar-refractivity contribution in [1.82, 2.24) is 4.90 Å². The lowest BCUT2D eigenvalue weighted by atomic mass is 10.1. The molecule has 2 rings (SSSR count). The lowest BCUT2D eigenvalue weighted by molar-refractivity contribution is -0.384. The van der Waals surface area contributed by atoms with Crippen molar-refractivity contribution in [2.75, 3.05) is 31.5 Å². The molecule has 0 spiro atoms. The number of benzene rings is 1. The summed E-state index contributed by atoms with van der Waals surface area (Å²) in [6.07, 6.45) is 2.43. The topological polar surface area (TPSA) is 102 Å². The molecule has 1 aliphatic heterocycles. The largest absolute Gasteiger partial charge is 0.378 e. The summed E-state index contributed by atoms with van der Waals surface area (Å²) in [5.41, 5.74) is 5.56. The zero-order chi connectivity index (χ0) is 14.5. The number of rotatable bonds is 6. The fourth-order valence-corrected chi connectivity index (χ4v) is 2.34. The van der Waals surface area contributed by atoms with Crippen LogP contribution < -0.4 is 11.1 Å². The predicted molar refractivity (Wildman–Crippen MR) is 75.8 cm³/mol. The highest BCUT2D eigenvalue weighted by Gasteiger charge is 2.17. The lowest BCUT2D eigenvalue weighted by Crippen LogP contribution is -2.26. The Balaban J connectivity index is 2.02. The molecule has 0 aromatic heterocycles. The molecular weight excluding hydrogens is 260 g/mol. The van der Waals surface area contributed by atoms with Crippen LogP contribution in [0.5, 0.6) is 0 Å². The van der Waals surface area contributed by atoms with Gasteiger partial charge in [-0.05, 0) is 38.1 Å². The van der Waals surface area contributed by atoms with E-state index in [9.17, 15) is 14.9 Å². The Morgan fingerprint density at radius 1 is 1.40 bits per heavy atom. The Morgan fingerprint density at radius 2 is 2.10 bits per heavy atom. The second-order valence-corrected chi connectivity index (χ2v) is 4.83. The van der Waals surface area contributed by atoms with Crippen LogP contribution in [0.4, 0.5) is 11.4 Å². The molecule has 7 nitrogen and oxygen atoms in total. The minimum Gasteiger partial charge on any atom is -0.378 e. The van der Waals surface area contributed by atoms with Crippen LogP contribution in [-0.4, -0.2) is 41.9 Å². The van der Waals surface area contributed by atoms with Crippen LogP contribution in [0.15, 0.2) is 18.2 Å². The first-order chi connectivity index (χ1) is 9.58. The van der Waals surface area contributed by atoms with Gasteiger partial charge >= 0.3 is 0 Å². The molecule has 1 saturated heterocycles. The van der Waals surface area contributed by atoms with Crippen LogP contribution in [0.25, 0.3) is 0 Å². The first kappa shape index (κ1) is 14.3. The summed E-state index contributed by atoms with van der Waals surface area (Å²) in [6.45, 7) is 3.67. The number of carbonyl (C=O) groups is 1. The summed E-state index contributed by atoms with van der Waals surface area (Å²) in [7, 11) is 0. The summed E-state index contributed by atoms with van der Waals surface area (Å²) >= 11 is 0. The van der Waals surface area contributed by atoms with E-state index in [-0.39, 0.29) is 11.3 Å². The highest BCUT2D eigenvalue weighted by molar-refractivity contribution is 5.94. The van der Waals surface area contributed by atoms with Crippen molar-refractivity contribution in [1.29, 1.82) is 0 Å². The van der Waals surface area contributed by atoms with Crippen molar-refractivity contribution >= 4 is 17.3 Å². The van der Waals surface area contributed by atoms with Gasteiger partial charge in [-0.3, -0.25) is 14.9 Å². The SMILES string of the molecule is NC(=O)c1ccc(NCCN2CCCC2)c([N+](=O)[O-])c1. The fraction of sp³-hybridized carbons (Fsp3) is 0.462. The second-order valence-electron chi connectivity index (χ2n) is 4.83. The average molecular weight is 278 g/mol. The van der Waals surface area contributed by atoms with E-state index in [1.165, 1.54) is 31.0 Å². The van der Waals surface area contributed by atoms with E-state index in [2.05, 4.69) is 10.2 Å². The van der Waals surface area contributed by atoms with E-state index in [0.29, 0.717) is 12.2 Å². The Morgan fingerprint density at radius 3 is 2.70 bits per heavy atom. The second kappa shape index (κ2) is 6.33. The molecule has 1 fully saturated rings. The van der Waals surface area contributed by atoms with Gasteiger partial charge < -0.3 is 16.0 Å². The third-order valence-electron chi connectivity index (χ3n) is 3.42. The van der Waals surface area contributed by atoms with Gasteiger partial charge in [0.1, 0.15) is 5.69 Å². The van der Waals surface area contributed by atoms with Gasteiger partial charge in [-0.1, -0.05) is 0 Å². The molecule has 0 unspecified atom stereocenters. The molecule has 0 saturated carbocycles. The van der Waals surface area contributed by atoms with Crippen LogP contribution in [0.1, 0.15) is 23.2 Å². The molecule has 1 aromatic rings. The molecule has 20 heavy (non-hydrogen) atoms. The van der Waals surface area contributed by atoms with Crippen molar-refractivity contribution in [3.05, 3.63) is 33.9 Å². The van der Waals surface area contributed by atoms with Gasteiger partial charge in [-0.25, -0.2) is 0 Å². The normalized spacial score (nSPS) is 15.2. The van der Waals surface area contributed by atoms with Crippen LogP contribution in [0.3, 0.4) is 0 Å². The van der Waals surface area contributed by atoms with Crippen LogP contribution >= 0.6 is 0 Å². The van der Waals surface area contributed by atoms with Crippen LogP contribution in [0, 0.1) is 10.1 Å². The Bertz CT molecular complexity index is 512. The monoisotopic (exact) mass is 278 g/mol. The maximum absolute atomic E-state index is 11.0. The molecule has 3 N–H and O–H groups in total. The van der Waals surface area contributed by atoms with Gasteiger partial charge in [-0.2, -0.15) is 0 Å². The van der Waals surface area contributed by atoms with E-state index in [1.807, 2.05) is 0 Å². The van der Waals surface area contributed by atoms with E-state index in [1.54, 1.807) is 0 Å². The van der Waals surface area contributed by atoms with Crippen molar-refractivity contribution in [3.8, 4) is 0 Å². The number of carbonyl (C=O) groups excluding carboxylic acids is 1. The number of nitro groups is 1. The predicted octanol–water partition coefficient (Wildman–Crippen LogP) is 1.20. The molecule has 0 aliphatic carbocycles. The number of amides is 1. The number of nitro benzene ring substituents is 1. The van der Waals surface area contributed by atoms with Gasteiger partial charge in [0.25, 0.3) is 5.69 Å². The van der Waals surface area contributed by atoms with E-state index < -0.39 is 10.8 Å². The molecule has 7 heteroatoms. The number of nitrogens with zero attached hydrogens (tertiary/aromatic N) is 2. The van der Waals surface area contributed by atoms with Crippen molar-refractivity contribution < 1.29 is 9.72 Å².